The molecule has 1 aliphatic carbocycles. The number of carbonyl (C=O) groups is 1. The second-order valence-corrected chi connectivity index (χ2v) is 13.2. The van der Waals surface area contributed by atoms with Crippen molar-refractivity contribution in [1.82, 2.24) is 34.6 Å². The topological polar surface area (TPSA) is 106 Å². The standard InChI is InChI=1S/C37H40F3N7O4.2ClH/c1-49-31-18-41-17-29(42-31)36(48)46-15-16-47-27(20-46)19-45(22-30(47)32(24-9-5-3-6-10-24)25-11-7-4-8-12-25)21-28-34(50-2)43-33(26-13-14-26)44-35(28)51-23-37(38,39)40;;/h3-12,17-18,26-27,30,32H,13-16,19-23H2,1-2H3;2*1H/t27-,30-;;/m0../s1. The van der Waals surface area contributed by atoms with Gasteiger partial charge < -0.3 is 19.1 Å². The van der Waals surface area contributed by atoms with Gasteiger partial charge in [-0.2, -0.15) is 23.1 Å². The minimum absolute atomic E-state index is 0. The smallest absolute Gasteiger partial charge is 0.422 e. The Bertz CT molecular complexity index is 1790. The van der Waals surface area contributed by atoms with E-state index in [4.69, 9.17) is 14.2 Å². The van der Waals surface area contributed by atoms with Crippen molar-refractivity contribution in [3.05, 3.63) is 101 Å². The number of methoxy groups -OCH3 is 2. The molecule has 0 bridgehead atoms. The molecule has 0 unspecified atom stereocenters. The molecule has 2 atom stereocenters. The fourth-order valence-electron chi connectivity index (χ4n) is 7.27. The molecule has 16 heteroatoms. The number of benzene rings is 2. The fraction of sp³-hybridized carbons (Fsp3) is 0.432. The Balaban J connectivity index is 0.00000271. The van der Waals surface area contributed by atoms with Crippen molar-refractivity contribution in [2.45, 2.75) is 49.5 Å². The summed E-state index contributed by atoms with van der Waals surface area (Å²) >= 11 is 0. The predicted octanol–water partition coefficient (Wildman–Crippen LogP) is 5.79. The molecule has 53 heavy (non-hydrogen) atoms. The first kappa shape index (κ1) is 40.0. The third-order valence-corrected chi connectivity index (χ3v) is 9.74. The number of hydrogen-bond acceptors (Lipinski definition) is 10. The average Bonchev–Trinajstić information content (AvgIpc) is 4.00. The van der Waals surface area contributed by atoms with Crippen molar-refractivity contribution in [1.29, 1.82) is 0 Å². The molecule has 11 nitrogen and oxygen atoms in total. The highest BCUT2D eigenvalue weighted by Gasteiger charge is 2.44. The number of nitrogens with zero attached hydrogens (tertiary/aromatic N) is 7. The Hall–Kier alpha value is -4.24. The molecule has 2 aromatic heterocycles. The van der Waals surface area contributed by atoms with Gasteiger partial charge in [-0.05, 0) is 24.0 Å². The molecule has 0 N–H and O–H groups in total. The molecule has 1 amide bonds. The van der Waals surface area contributed by atoms with Crippen molar-refractivity contribution in [3.8, 4) is 17.6 Å². The van der Waals surface area contributed by atoms with Crippen LogP contribution in [-0.4, -0.2) is 112 Å². The molecule has 2 aliphatic heterocycles. The van der Waals surface area contributed by atoms with Gasteiger partial charge in [0.1, 0.15) is 5.82 Å². The summed E-state index contributed by atoms with van der Waals surface area (Å²) in [5.74, 6) is 0.579. The minimum atomic E-state index is -4.55. The lowest BCUT2D eigenvalue weighted by atomic mass is 9.81. The summed E-state index contributed by atoms with van der Waals surface area (Å²) in [4.78, 5) is 37.8. The molecule has 3 fully saturated rings. The van der Waals surface area contributed by atoms with E-state index < -0.39 is 12.8 Å². The Morgan fingerprint density at radius 2 is 1.51 bits per heavy atom. The summed E-state index contributed by atoms with van der Waals surface area (Å²) in [6.45, 7) is 1.32. The van der Waals surface area contributed by atoms with Gasteiger partial charge in [-0.15, -0.1) is 24.8 Å². The summed E-state index contributed by atoms with van der Waals surface area (Å²) < 4.78 is 56.6. The molecule has 7 rings (SSSR count). The molecule has 4 aromatic rings. The van der Waals surface area contributed by atoms with Gasteiger partial charge in [0, 0.05) is 63.2 Å². The minimum Gasteiger partial charge on any atom is -0.481 e. The summed E-state index contributed by atoms with van der Waals surface area (Å²) in [5.41, 5.74) is 2.85. The van der Waals surface area contributed by atoms with Crippen LogP contribution in [0.5, 0.6) is 17.6 Å². The summed E-state index contributed by atoms with van der Waals surface area (Å²) in [6.07, 6.45) is 0.0737. The van der Waals surface area contributed by atoms with E-state index in [-0.39, 0.29) is 84.5 Å². The van der Waals surface area contributed by atoms with Crippen molar-refractivity contribution in [3.63, 3.8) is 0 Å². The number of carbonyl (C=O) groups excluding carboxylic acids is 1. The number of aromatic nitrogens is 4. The lowest BCUT2D eigenvalue weighted by Gasteiger charge is -2.53. The van der Waals surface area contributed by atoms with Crippen molar-refractivity contribution in [2.75, 3.05) is 53.6 Å². The van der Waals surface area contributed by atoms with E-state index in [1.165, 1.54) is 26.6 Å². The first-order chi connectivity index (χ1) is 24.7. The van der Waals surface area contributed by atoms with Crippen LogP contribution < -0.4 is 14.2 Å². The number of fused-ring (bicyclic) bond motifs is 1. The summed E-state index contributed by atoms with van der Waals surface area (Å²) in [6, 6.07) is 20.4. The Morgan fingerprint density at radius 3 is 2.11 bits per heavy atom. The van der Waals surface area contributed by atoms with Crippen LogP contribution in [0.15, 0.2) is 73.1 Å². The maximum atomic E-state index is 13.7. The average molecular weight is 777 g/mol. The van der Waals surface area contributed by atoms with Crippen molar-refractivity contribution < 1.29 is 32.2 Å². The highest BCUT2D eigenvalue weighted by Crippen LogP contribution is 2.42. The van der Waals surface area contributed by atoms with E-state index in [9.17, 15) is 18.0 Å². The zero-order valence-electron chi connectivity index (χ0n) is 29.3. The van der Waals surface area contributed by atoms with Crippen LogP contribution in [0.3, 0.4) is 0 Å². The van der Waals surface area contributed by atoms with Crippen LogP contribution in [0.1, 0.15) is 57.7 Å². The molecule has 284 valence electrons. The predicted molar refractivity (Wildman–Crippen MR) is 195 cm³/mol. The second-order valence-electron chi connectivity index (χ2n) is 13.2. The van der Waals surface area contributed by atoms with Crippen LogP contribution in [0, 0.1) is 0 Å². The third kappa shape index (κ3) is 9.29. The molecule has 0 radical (unpaired) electrons. The summed E-state index contributed by atoms with van der Waals surface area (Å²) in [5, 5.41) is 0. The van der Waals surface area contributed by atoms with Crippen LogP contribution >= 0.6 is 24.8 Å². The van der Waals surface area contributed by atoms with Gasteiger partial charge in [0.15, 0.2) is 12.3 Å². The van der Waals surface area contributed by atoms with E-state index in [0.29, 0.717) is 44.1 Å². The van der Waals surface area contributed by atoms with E-state index >= 15 is 0 Å². The number of alkyl halides is 3. The Morgan fingerprint density at radius 1 is 0.849 bits per heavy atom. The van der Waals surface area contributed by atoms with Crippen LogP contribution in [0.2, 0.25) is 0 Å². The van der Waals surface area contributed by atoms with Crippen molar-refractivity contribution >= 4 is 30.7 Å². The molecular weight excluding hydrogens is 734 g/mol. The SMILES string of the molecule is COc1cncc(C(=O)N2CCN3[C@@H](CN(Cc4c(OC)nc(C5CC5)nc4OCC(F)(F)F)C[C@H]3C(c3ccccc3)c3ccccc3)C2)n1.Cl.Cl. The van der Waals surface area contributed by atoms with E-state index in [2.05, 4.69) is 54.0 Å². The first-order valence-electron chi connectivity index (χ1n) is 17.1. The van der Waals surface area contributed by atoms with E-state index in [0.717, 1.165) is 24.0 Å². The maximum Gasteiger partial charge on any atom is 0.422 e. The number of amides is 1. The van der Waals surface area contributed by atoms with Crippen LogP contribution in [0.25, 0.3) is 0 Å². The van der Waals surface area contributed by atoms with Gasteiger partial charge >= 0.3 is 6.18 Å². The first-order valence-corrected chi connectivity index (χ1v) is 17.1. The monoisotopic (exact) mass is 775 g/mol. The van der Waals surface area contributed by atoms with E-state index in [1.807, 2.05) is 36.4 Å². The number of rotatable bonds is 11. The van der Waals surface area contributed by atoms with Gasteiger partial charge in [-0.1, -0.05) is 60.7 Å². The number of hydrogen-bond donors (Lipinski definition) is 0. The normalized spacial score (nSPS) is 19.1. The lowest BCUT2D eigenvalue weighted by molar-refractivity contribution is -0.154. The number of piperazine rings is 2. The molecule has 1 saturated carbocycles. The molecular formula is C37H42Cl2F3N7O4. The number of ether oxygens (including phenoxy) is 3. The molecule has 3 aliphatic rings. The largest absolute Gasteiger partial charge is 0.481 e. The molecule has 0 spiro atoms. The number of halogens is 5. The zero-order chi connectivity index (χ0) is 35.5. The van der Waals surface area contributed by atoms with E-state index in [1.54, 1.807) is 4.90 Å². The second kappa shape index (κ2) is 17.3. The highest BCUT2D eigenvalue weighted by molar-refractivity contribution is 5.92. The zero-order valence-corrected chi connectivity index (χ0v) is 30.9. The van der Waals surface area contributed by atoms with Crippen LogP contribution in [-0.2, 0) is 6.54 Å². The van der Waals surface area contributed by atoms with Gasteiger partial charge in [-0.3, -0.25) is 19.6 Å². The van der Waals surface area contributed by atoms with Crippen molar-refractivity contribution in [2.24, 2.45) is 0 Å². The highest BCUT2D eigenvalue weighted by atomic mass is 35.5. The van der Waals surface area contributed by atoms with Gasteiger partial charge in [-0.25, -0.2) is 4.98 Å². The van der Waals surface area contributed by atoms with Crippen LogP contribution in [0.4, 0.5) is 13.2 Å². The molecule has 2 aromatic carbocycles. The molecule has 4 heterocycles. The van der Waals surface area contributed by atoms with Gasteiger partial charge in [0.05, 0.1) is 32.2 Å². The fourth-order valence-corrected chi connectivity index (χ4v) is 7.27. The molecule has 2 saturated heterocycles. The van der Waals surface area contributed by atoms with Gasteiger partial charge in [0.25, 0.3) is 5.91 Å². The summed E-state index contributed by atoms with van der Waals surface area (Å²) in [7, 11) is 2.94. The lowest BCUT2D eigenvalue weighted by Crippen LogP contribution is -2.67. The third-order valence-electron chi connectivity index (χ3n) is 9.74. The Kier molecular flexibility index (Phi) is 13.0. The quantitative estimate of drug-likeness (QED) is 0.186. The Labute approximate surface area is 318 Å². The maximum absolute atomic E-state index is 13.7. The van der Waals surface area contributed by atoms with Gasteiger partial charge in [0.2, 0.25) is 17.6 Å².